The van der Waals surface area contributed by atoms with Gasteiger partial charge in [0, 0.05) is 0 Å². The second kappa shape index (κ2) is 3.53. The van der Waals surface area contributed by atoms with E-state index in [4.69, 9.17) is 17.2 Å². The third kappa shape index (κ3) is 2.25. The van der Waals surface area contributed by atoms with Crippen LogP contribution in [-0.2, 0) is 0 Å². The molecule has 0 bridgehead atoms. The Kier molecular flexibility index (Phi) is 2.62. The Hall–Kier alpha value is -1.43. The highest BCUT2D eigenvalue weighted by Gasteiger charge is 2.14. The van der Waals surface area contributed by atoms with Gasteiger partial charge in [-0.3, -0.25) is 0 Å². The van der Waals surface area contributed by atoms with Gasteiger partial charge in [-0.25, -0.2) is 0 Å². The number of nitrogens with two attached hydrogens (primary N) is 3. The molecule has 72 valence electrons. The number of hydrogen-bond acceptors (Lipinski definition) is 6. The van der Waals surface area contributed by atoms with E-state index in [1.54, 1.807) is 0 Å². The Morgan fingerprint density at radius 1 is 1.00 bits per heavy atom. The summed E-state index contributed by atoms with van der Waals surface area (Å²) >= 11 is 0. The van der Waals surface area contributed by atoms with Crippen LogP contribution in [0.1, 0.15) is 25.7 Å². The molecule has 6 nitrogen and oxygen atoms in total. The summed E-state index contributed by atoms with van der Waals surface area (Å²) in [6.07, 6.45) is 0. The van der Waals surface area contributed by atoms with Crippen LogP contribution in [0.4, 0.5) is 11.9 Å². The molecule has 13 heavy (non-hydrogen) atoms. The average molecular weight is 182 g/mol. The van der Waals surface area contributed by atoms with Gasteiger partial charge in [0.15, 0.2) is 5.82 Å². The Labute approximate surface area is 76.6 Å². The third-order valence-electron chi connectivity index (χ3n) is 1.70. The molecule has 1 aromatic rings. The smallest absolute Gasteiger partial charge is 0.225 e. The first-order chi connectivity index (χ1) is 6.00. The van der Waals surface area contributed by atoms with Gasteiger partial charge in [-0.2, -0.15) is 15.0 Å². The average Bonchev–Trinajstić information content (AvgIpc) is 2.01. The number of nitrogens with zero attached hydrogens (tertiary/aromatic N) is 3. The van der Waals surface area contributed by atoms with Gasteiger partial charge in [-0.15, -0.1) is 0 Å². The first-order valence-electron chi connectivity index (χ1n) is 4.03. The Morgan fingerprint density at radius 3 is 1.85 bits per heavy atom. The summed E-state index contributed by atoms with van der Waals surface area (Å²) in [5, 5.41) is 0. The Morgan fingerprint density at radius 2 is 1.46 bits per heavy atom. The molecule has 0 aliphatic heterocycles. The topological polar surface area (TPSA) is 117 Å². The fourth-order valence-corrected chi connectivity index (χ4v) is 0.874. The van der Waals surface area contributed by atoms with Gasteiger partial charge in [-0.05, 0) is 5.92 Å². The molecular formula is C7H14N6. The van der Waals surface area contributed by atoms with E-state index < -0.39 is 0 Å². The molecule has 0 saturated heterocycles. The molecular weight excluding hydrogens is 168 g/mol. The van der Waals surface area contributed by atoms with Crippen molar-refractivity contribution in [2.24, 2.45) is 11.7 Å². The van der Waals surface area contributed by atoms with Crippen molar-refractivity contribution in [2.45, 2.75) is 19.9 Å². The number of nitrogen functional groups attached to an aromatic ring is 2. The van der Waals surface area contributed by atoms with E-state index in [1.807, 2.05) is 13.8 Å². The highest BCUT2D eigenvalue weighted by atomic mass is 15.1. The largest absolute Gasteiger partial charge is 0.368 e. The number of aromatic nitrogens is 3. The molecule has 1 rings (SSSR count). The predicted molar refractivity (Wildman–Crippen MR) is 50.4 cm³/mol. The van der Waals surface area contributed by atoms with Crippen molar-refractivity contribution in [2.75, 3.05) is 11.5 Å². The van der Waals surface area contributed by atoms with E-state index >= 15 is 0 Å². The first kappa shape index (κ1) is 9.66. The lowest BCUT2D eigenvalue weighted by molar-refractivity contribution is 0.490. The molecule has 0 aromatic carbocycles. The van der Waals surface area contributed by atoms with Gasteiger partial charge in [0.1, 0.15) is 0 Å². The summed E-state index contributed by atoms with van der Waals surface area (Å²) in [5.41, 5.74) is 16.6. The summed E-state index contributed by atoms with van der Waals surface area (Å²) in [7, 11) is 0. The maximum Gasteiger partial charge on any atom is 0.225 e. The van der Waals surface area contributed by atoms with Gasteiger partial charge in [-0.1, -0.05) is 13.8 Å². The fraction of sp³-hybridized carbons (Fsp3) is 0.571. The molecule has 0 amide bonds. The molecule has 6 heteroatoms. The van der Waals surface area contributed by atoms with Crippen LogP contribution < -0.4 is 17.2 Å². The zero-order valence-electron chi connectivity index (χ0n) is 7.73. The second-order valence-corrected chi connectivity index (χ2v) is 3.18. The number of hydrogen-bond donors (Lipinski definition) is 3. The van der Waals surface area contributed by atoms with E-state index in [2.05, 4.69) is 15.0 Å². The molecule has 1 unspecified atom stereocenters. The van der Waals surface area contributed by atoms with Crippen LogP contribution in [0.25, 0.3) is 0 Å². The van der Waals surface area contributed by atoms with Crippen LogP contribution >= 0.6 is 0 Å². The number of rotatable bonds is 2. The highest BCUT2D eigenvalue weighted by Crippen LogP contribution is 2.15. The molecule has 1 atom stereocenters. The number of anilines is 2. The molecule has 1 heterocycles. The minimum atomic E-state index is -0.257. The minimum Gasteiger partial charge on any atom is -0.368 e. The predicted octanol–water partition coefficient (Wildman–Crippen LogP) is -0.308. The molecule has 0 saturated carbocycles. The van der Waals surface area contributed by atoms with Crippen molar-refractivity contribution < 1.29 is 0 Å². The molecule has 0 radical (unpaired) electrons. The lowest BCUT2D eigenvalue weighted by atomic mass is 10.1. The molecule has 6 N–H and O–H groups in total. The maximum absolute atomic E-state index is 5.81. The lowest BCUT2D eigenvalue weighted by Crippen LogP contribution is -2.21. The summed E-state index contributed by atoms with van der Waals surface area (Å²) in [6.45, 7) is 3.95. The maximum atomic E-state index is 5.81. The monoisotopic (exact) mass is 182 g/mol. The Bertz CT molecular complexity index is 277. The zero-order chi connectivity index (χ0) is 10.0. The SMILES string of the molecule is CC(C)C(N)c1nc(N)nc(N)n1. The fourth-order valence-electron chi connectivity index (χ4n) is 0.874. The van der Waals surface area contributed by atoms with E-state index in [1.165, 1.54) is 0 Å². The van der Waals surface area contributed by atoms with Crippen LogP contribution in [0.2, 0.25) is 0 Å². The third-order valence-corrected chi connectivity index (χ3v) is 1.70. The van der Waals surface area contributed by atoms with Crippen molar-refractivity contribution in [3.05, 3.63) is 5.82 Å². The van der Waals surface area contributed by atoms with Crippen LogP contribution in [0.5, 0.6) is 0 Å². The van der Waals surface area contributed by atoms with Crippen LogP contribution in [0.15, 0.2) is 0 Å². The Balaban J connectivity index is 3.01. The van der Waals surface area contributed by atoms with Gasteiger partial charge < -0.3 is 17.2 Å². The van der Waals surface area contributed by atoms with Crippen molar-refractivity contribution in [3.8, 4) is 0 Å². The summed E-state index contributed by atoms with van der Waals surface area (Å²) < 4.78 is 0. The van der Waals surface area contributed by atoms with Gasteiger partial charge in [0.2, 0.25) is 11.9 Å². The first-order valence-corrected chi connectivity index (χ1v) is 4.03. The highest BCUT2D eigenvalue weighted by molar-refractivity contribution is 5.26. The standard InChI is InChI=1S/C7H14N6/c1-3(2)4(8)5-11-6(9)13-7(10)12-5/h3-4H,8H2,1-2H3,(H4,9,10,11,12,13). The van der Waals surface area contributed by atoms with E-state index in [0.29, 0.717) is 5.82 Å². The van der Waals surface area contributed by atoms with Gasteiger partial charge >= 0.3 is 0 Å². The van der Waals surface area contributed by atoms with Crippen LogP contribution in [0.3, 0.4) is 0 Å². The van der Waals surface area contributed by atoms with E-state index in [9.17, 15) is 0 Å². The summed E-state index contributed by atoms with van der Waals surface area (Å²) in [4.78, 5) is 11.5. The van der Waals surface area contributed by atoms with Crippen molar-refractivity contribution in [1.82, 2.24) is 15.0 Å². The zero-order valence-corrected chi connectivity index (χ0v) is 7.73. The molecule has 0 aliphatic rings. The van der Waals surface area contributed by atoms with Crippen molar-refractivity contribution in [1.29, 1.82) is 0 Å². The van der Waals surface area contributed by atoms with Crippen LogP contribution in [0, 0.1) is 5.92 Å². The van der Waals surface area contributed by atoms with Crippen molar-refractivity contribution in [3.63, 3.8) is 0 Å². The minimum absolute atomic E-state index is 0.110. The van der Waals surface area contributed by atoms with E-state index in [0.717, 1.165) is 0 Å². The molecule has 1 aromatic heterocycles. The molecule has 0 fully saturated rings. The molecule has 0 aliphatic carbocycles. The van der Waals surface area contributed by atoms with Gasteiger partial charge in [0.25, 0.3) is 0 Å². The van der Waals surface area contributed by atoms with Crippen molar-refractivity contribution >= 4 is 11.9 Å². The molecule has 0 spiro atoms. The summed E-state index contributed by atoms with van der Waals surface area (Å²) in [6, 6.07) is -0.257. The normalized spacial score (nSPS) is 13.2. The van der Waals surface area contributed by atoms with Crippen LogP contribution in [-0.4, -0.2) is 15.0 Å². The second-order valence-electron chi connectivity index (χ2n) is 3.18. The lowest BCUT2D eigenvalue weighted by Gasteiger charge is -2.13. The quantitative estimate of drug-likeness (QED) is 0.577. The van der Waals surface area contributed by atoms with Gasteiger partial charge in [0.05, 0.1) is 6.04 Å². The van der Waals surface area contributed by atoms with E-state index in [-0.39, 0.29) is 23.9 Å². The summed E-state index contributed by atoms with van der Waals surface area (Å²) in [5.74, 6) is 0.901.